The van der Waals surface area contributed by atoms with Crippen molar-refractivity contribution in [3.63, 3.8) is 0 Å². The highest BCUT2D eigenvalue weighted by Gasteiger charge is 2.02. The van der Waals surface area contributed by atoms with Gasteiger partial charge in [-0.1, -0.05) is 72.8 Å². The average Bonchev–Trinajstić information content (AvgIpc) is 3.12. The number of benzene rings is 5. The molecule has 6 nitrogen and oxygen atoms in total. The topological polar surface area (TPSA) is 55.4 Å². The van der Waals surface area contributed by atoms with Crippen molar-refractivity contribution in [2.75, 3.05) is 66.1 Å². The van der Waals surface area contributed by atoms with E-state index in [1.54, 1.807) is 0 Å². The Morgan fingerprint density at radius 2 is 0.708 bits per heavy atom. The van der Waals surface area contributed by atoms with E-state index in [0.717, 1.165) is 33.8 Å². The number of ether oxygens (including phenoxy) is 6. The van der Waals surface area contributed by atoms with E-state index in [1.165, 1.54) is 21.5 Å². The maximum Gasteiger partial charge on any atom is 0.119 e. The van der Waals surface area contributed by atoms with E-state index in [1.807, 2.05) is 38.1 Å². The minimum Gasteiger partial charge on any atom is -0.491 e. The summed E-state index contributed by atoms with van der Waals surface area (Å²) >= 11 is 0. The molecule has 6 heteroatoms. The third kappa shape index (κ3) is 11.4. The summed E-state index contributed by atoms with van der Waals surface area (Å²) in [7, 11) is 0. The van der Waals surface area contributed by atoms with Crippen LogP contribution >= 0.6 is 0 Å². The van der Waals surface area contributed by atoms with Crippen molar-refractivity contribution in [3.05, 3.63) is 119 Å². The molecular formula is C42H46O6. The molecule has 0 aliphatic heterocycles. The first-order chi connectivity index (χ1) is 23.7. The fourth-order valence-electron chi connectivity index (χ4n) is 5.14. The molecule has 5 rings (SSSR count). The van der Waals surface area contributed by atoms with Gasteiger partial charge in [0.15, 0.2) is 0 Å². The number of fused-ring (bicyclic) bond motifs is 2. The van der Waals surface area contributed by atoms with Gasteiger partial charge in [0.25, 0.3) is 0 Å². The van der Waals surface area contributed by atoms with Crippen LogP contribution in [-0.2, 0) is 18.9 Å². The Balaban J connectivity index is 1.12. The predicted octanol–water partition coefficient (Wildman–Crippen LogP) is 9.20. The Morgan fingerprint density at radius 1 is 0.354 bits per heavy atom. The lowest BCUT2D eigenvalue weighted by Crippen LogP contribution is -2.10. The zero-order valence-corrected chi connectivity index (χ0v) is 28.1. The molecule has 0 aliphatic carbocycles. The maximum atomic E-state index is 5.78. The lowest BCUT2D eigenvalue weighted by molar-refractivity contribution is 0.0405. The van der Waals surface area contributed by atoms with E-state index in [4.69, 9.17) is 28.4 Å². The fraction of sp³-hybridized carbons (Fsp3) is 0.286. The van der Waals surface area contributed by atoms with Crippen LogP contribution in [0.15, 0.2) is 97.1 Å². The molecule has 0 unspecified atom stereocenters. The van der Waals surface area contributed by atoms with E-state index in [0.29, 0.717) is 66.1 Å². The molecule has 0 saturated heterocycles. The highest BCUT2D eigenvalue weighted by molar-refractivity contribution is 6.00. The Hall–Kier alpha value is -4.46. The van der Waals surface area contributed by atoms with Crippen LogP contribution in [0.25, 0.3) is 45.8 Å². The molecule has 0 aliphatic rings. The fourth-order valence-corrected chi connectivity index (χ4v) is 5.14. The lowest BCUT2D eigenvalue weighted by atomic mass is 9.99. The summed E-state index contributed by atoms with van der Waals surface area (Å²) < 4.78 is 33.1. The summed E-state index contributed by atoms with van der Waals surface area (Å²) in [6.45, 7) is 9.92. The second-order valence-corrected chi connectivity index (χ2v) is 11.2. The molecule has 0 fully saturated rings. The molecule has 0 saturated carbocycles. The second-order valence-electron chi connectivity index (χ2n) is 11.2. The maximum absolute atomic E-state index is 5.78. The molecule has 0 atom stereocenters. The van der Waals surface area contributed by atoms with Gasteiger partial charge in [-0.15, -0.1) is 0 Å². The van der Waals surface area contributed by atoms with Crippen molar-refractivity contribution in [2.24, 2.45) is 0 Å². The van der Waals surface area contributed by atoms with Gasteiger partial charge in [0.2, 0.25) is 0 Å². The summed E-state index contributed by atoms with van der Waals surface area (Å²) in [5.74, 6) is 1.67. The van der Waals surface area contributed by atoms with Crippen LogP contribution in [0, 0.1) is 0 Å². The van der Waals surface area contributed by atoms with E-state index in [9.17, 15) is 0 Å². The largest absolute Gasteiger partial charge is 0.491 e. The first-order valence-electron chi connectivity index (χ1n) is 16.8. The molecule has 0 radical (unpaired) electrons. The van der Waals surface area contributed by atoms with Gasteiger partial charge in [0.1, 0.15) is 24.7 Å². The zero-order chi connectivity index (χ0) is 33.2. The molecule has 5 aromatic rings. The lowest BCUT2D eigenvalue weighted by Gasteiger charge is -2.08. The van der Waals surface area contributed by atoms with Crippen LogP contribution in [0.1, 0.15) is 36.1 Å². The van der Waals surface area contributed by atoms with Crippen LogP contribution in [0.5, 0.6) is 11.5 Å². The predicted molar refractivity (Wildman–Crippen MR) is 198 cm³/mol. The molecule has 0 aromatic heterocycles. The quantitative estimate of drug-likeness (QED) is 0.0478. The van der Waals surface area contributed by atoms with E-state index < -0.39 is 0 Å². The third-order valence-electron chi connectivity index (χ3n) is 7.69. The summed E-state index contributed by atoms with van der Waals surface area (Å²) in [4.78, 5) is 0. The Morgan fingerprint density at radius 3 is 1.12 bits per heavy atom. The summed E-state index contributed by atoms with van der Waals surface area (Å²) in [6.07, 6.45) is 8.56. The van der Waals surface area contributed by atoms with E-state index >= 15 is 0 Å². The van der Waals surface area contributed by atoms with E-state index in [-0.39, 0.29) is 0 Å². The average molecular weight is 647 g/mol. The smallest absolute Gasteiger partial charge is 0.119 e. The van der Waals surface area contributed by atoms with E-state index in [2.05, 4.69) is 97.1 Å². The van der Waals surface area contributed by atoms with Gasteiger partial charge >= 0.3 is 0 Å². The third-order valence-corrected chi connectivity index (χ3v) is 7.69. The first-order valence-corrected chi connectivity index (χ1v) is 16.8. The normalized spacial score (nSPS) is 11.7. The van der Waals surface area contributed by atoms with Crippen molar-refractivity contribution in [1.29, 1.82) is 0 Å². The zero-order valence-electron chi connectivity index (χ0n) is 28.1. The van der Waals surface area contributed by atoms with Crippen molar-refractivity contribution in [3.8, 4) is 11.5 Å². The molecule has 0 N–H and O–H groups in total. The van der Waals surface area contributed by atoms with Gasteiger partial charge in [0, 0.05) is 13.2 Å². The van der Waals surface area contributed by atoms with Gasteiger partial charge in [0.05, 0.1) is 39.6 Å². The summed E-state index contributed by atoms with van der Waals surface area (Å²) in [5.41, 5.74) is 4.56. The second kappa shape index (κ2) is 19.4. The van der Waals surface area contributed by atoms with Crippen molar-refractivity contribution < 1.29 is 28.4 Å². The Kier molecular flexibility index (Phi) is 14.1. The summed E-state index contributed by atoms with van der Waals surface area (Å²) in [6, 6.07) is 34.0. The number of hydrogen-bond donors (Lipinski definition) is 0. The molecular weight excluding hydrogens is 600 g/mol. The van der Waals surface area contributed by atoms with Crippen LogP contribution in [0.2, 0.25) is 0 Å². The molecule has 5 aromatic carbocycles. The standard InChI is InChI=1S/C42H46O6/c1-3-43-21-23-45-25-27-47-41-17-11-33(12-18-41)5-7-35-9-15-37-32-40-30-36(10-16-38(40)31-39(37)29-35)8-6-34-13-19-42(20-14-34)48-28-26-46-24-22-44-4-2/h5-20,29-32H,3-4,21-28H2,1-2H3/b7-5+,8-6+. The molecule has 0 bridgehead atoms. The highest BCUT2D eigenvalue weighted by Crippen LogP contribution is 2.26. The molecule has 250 valence electrons. The van der Waals surface area contributed by atoms with Gasteiger partial charge in [-0.2, -0.15) is 0 Å². The van der Waals surface area contributed by atoms with Crippen LogP contribution in [0.3, 0.4) is 0 Å². The van der Waals surface area contributed by atoms with Crippen molar-refractivity contribution in [1.82, 2.24) is 0 Å². The first kappa shape index (κ1) is 34.9. The SMILES string of the molecule is CCOCCOCCOc1ccc(/C=C/c2ccc3cc4cc(/C=C/c5ccc(OCCOCCOCC)cc5)ccc4cc3c2)cc1. The number of hydrogen-bond acceptors (Lipinski definition) is 6. The minimum atomic E-state index is 0.518. The number of rotatable bonds is 20. The molecule has 0 amide bonds. The van der Waals surface area contributed by atoms with Crippen LogP contribution < -0.4 is 9.47 Å². The molecule has 0 heterocycles. The monoisotopic (exact) mass is 646 g/mol. The van der Waals surface area contributed by atoms with Gasteiger partial charge in [-0.05, 0) is 106 Å². The van der Waals surface area contributed by atoms with Crippen LogP contribution in [-0.4, -0.2) is 66.1 Å². The van der Waals surface area contributed by atoms with Gasteiger partial charge < -0.3 is 28.4 Å². The van der Waals surface area contributed by atoms with Crippen molar-refractivity contribution in [2.45, 2.75) is 13.8 Å². The van der Waals surface area contributed by atoms with Gasteiger partial charge in [-0.25, -0.2) is 0 Å². The minimum absolute atomic E-state index is 0.518. The summed E-state index contributed by atoms with van der Waals surface area (Å²) in [5, 5.41) is 4.89. The Bertz CT molecular complexity index is 1610. The van der Waals surface area contributed by atoms with Crippen molar-refractivity contribution >= 4 is 45.8 Å². The Labute approximate surface area is 284 Å². The molecule has 0 spiro atoms. The highest BCUT2D eigenvalue weighted by atomic mass is 16.5. The van der Waals surface area contributed by atoms with Gasteiger partial charge in [-0.3, -0.25) is 0 Å². The van der Waals surface area contributed by atoms with Crippen LogP contribution in [0.4, 0.5) is 0 Å². The molecule has 48 heavy (non-hydrogen) atoms.